The lowest BCUT2D eigenvalue weighted by molar-refractivity contribution is 0.0943. The van der Waals surface area contributed by atoms with Gasteiger partial charge in [0.2, 0.25) is 0 Å². The van der Waals surface area contributed by atoms with Crippen LogP contribution in [0.1, 0.15) is 21.5 Å². The van der Waals surface area contributed by atoms with Crippen molar-refractivity contribution in [3.63, 3.8) is 0 Å². The fourth-order valence-corrected chi connectivity index (χ4v) is 3.58. The van der Waals surface area contributed by atoms with Gasteiger partial charge in [-0.15, -0.1) is 0 Å². The molecular formula is C21H17N5O3S. The predicted molar refractivity (Wildman–Crippen MR) is 113 cm³/mol. The van der Waals surface area contributed by atoms with Gasteiger partial charge in [-0.05, 0) is 42.8 Å². The van der Waals surface area contributed by atoms with Gasteiger partial charge in [-0.3, -0.25) is 4.79 Å². The first-order valence-corrected chi connectivity index (χ1v) is 9.42. The van der Waals surface area contributed by atoms with Crippen molar-refractivity contribution in [2.24, 2.45) is 0 Å². The Bertz CT molecular complexity index is 1340. The van der Waals surface area contributed by atoms with Crippen LogP contribution in [-0.2, 0) is 6.67 Å². The maximum atomic E-state index is 12.7. The first-order valence-electron chi connectivity index (χ1n) is 9.01. The molecule has 0 bridgehead atoms. The molecule has 0 aliphatic rings. The fourth-order valence-electron chi connectivity index (χ4n) is 3.31. The van der Waals surface area contributed by atoms with E-state index in [-0.39, 0.29) is 12.6 Å². The molecule has 30 heavy (non-hydrogen) atoms. The molecule has 0 fully saturated rings. The van der Waals surface area contributed by atoms with Crippen LogP contribution >= 0.6 is 12.2 Å². The SMILES string of the molecule is COc1ccc(C(=O)NCn2c(-c3occc3C)c(C#N)c3[nH]cnc(=S)c32)cc1. The highest BCUT2D eigenvalue weighted by Crippen LogP contribution is 2.34. The summed E-state index contributed by atoms with van der Waals surface area (Å²) in [4.78, 5) is 19.8. The van der Waals surface area contributed by atoms with E-state index in [4.69, 9.17) is 21.4 Å². The lowest BCUT2D eigenvalue weighted by Gasteiger charge is -2.12. The predicted octanol–water partition coefficient (Wildman–Crippen LogP) is 3.93. The first kappa shape index (κ1) is 19.4. The van der Waals surface area contributed by atoms with E-state index in [0.29, 0.717) is 44.0 Å². The summed E-state index contributed by atoms with van der Waals surface area (Å²) in [5.74, 6) is 0.915. The van der Waals surface area contributed by atoms with Crippen molar-refractivity contribution < 1.29 is 13.9 Å². The van der Waals surface area contributed by atoms with E-state index in [1.54, 1.807) is 42.2 Å². The monoisotopic (exact) mass is 419 g/mol. The molecule has 0 saturated heterocycles. The number of hydrogen-bond acceptors (Lipinski definition) is 6. The van der Waals surface area contributed by atoms with Gasteiger partial charge in [0.25, 0.3) is 5.91 Å². The standard InChI is InChI=1S/C21H17N5O3S/c1-12-7-8-29-19(12)17-15(9-22)16-18(21(30)24-10-23-16)26(17)11-25-20(27)13-3-5-14(28-2)6-4-13/h3-8,10H,11H2,1-2H3,(H,25,27)(H,23,24,30). The van der Waals surface area contributed by atoms with Gasteiger partial charge < -0.3 is 24.0 Å². The summed E-state index contributed by atoms with van der Waals surface area (Å²) in [5.41, 5.74) is 3.32. The van der Waals surface area contributed by atoms with Gasteiger partial charge in [0, 0.05) is 5.56 Å². The lowest BCUT2D eigenvalue weighted by atomic mass is 10.1. The van der Waals surface area contributed by atoms with Crippen molar-refractivity contribution in [2.45, 2.75) is 13.6 Å². The van der Waals surface area contributed by atoms with Gasteiger partial charge in [-0.2, -0.15) is 5.26 Å². The maximum Gasteiger partial charge on any atom is 0.252 e. The van der Waals surface area contributed by atoms with Crippen molar-refractivity contribution in [1.82, 2.24) is 19.9 Å². The van der Waals surface area contributed by atoms with E-state index in [9.17, 15) is 10.1 Å². The van der Waals surface area contributed by atoms with E-state index in [0.717, 1.165) is 5.56 Å². The van der Waals surface area contributed by atoms with Crippen LogP contribution in [0, 0.1) is 22.9 Å². The maximum absolute atomic E-state index is 12.7. The van der Waals surface area contributed by atoms with Crippen LogP contribution in [0.25, 0.3) is 22.5 Å². The number of furan rings is 1. The minimum Gasteiger partial charge on any atom is -0.497 e. The number of fused-ring (bicyclic) bond motifs is 1. The minimum absolute atomic E-state index is 0.0711. The number of aryl methyl sites for hydroxylation is 1. The molecule has 3 aromatic heterocycles. The van der Waals surface area contributed by atoms with E-state index >= 15 is 0 Å². The summed E-state index contributed by atoms with van der Waals surface area (Å²) >= 11 is 5.41. The molecule has 0 aliphatic carbocycles. The summed E-state index contributed by atoms with van der Waals surface area (Å²) in [6.45, 7) is 1.95. The molecule has 0 atom stereocenters. The molecule has 8 nitrogen and oxygen atoms in total. The Hall–Kier alpha value is -3.90. The minimum atomic E-state index is -0.279. The molecule has 3 heterocycles. The van der Waals surface area contributed by atoms with Gasteiger partial charge in [0.1, 0.15) is 28.6 Å². The summed E-state index contributed by atoms with van der Waals surface area (Å²) in [5, 5.41) is 12.7. The molecule has 0 spiro atoms. The van der Waals surface area contributed by atoms with E-state index in [1.165, 1.54) is 6.33 Å². The number of nitriles is 1. The number of methoxy groups -OCH3 is 1. The molecule has 1 amide bonds. The lowest BCUT2D eigenvalue weighted by Crippen LogP contribution is -2.26. The smallest absolute Gasteiger partial charge is 0.252 e. The Morgan fingerprint density at radius 1 is 1.37 bits per heavy atom. The summed E-state index contributed by atoms with van der Waals surface area (Å²) in [6, 6.07) is 10.8. The second-order valence-electron chi connectivity index (χ2n) is 6.52. The van der Waals surface area contributed by atoms with Crippen LogP contribution in [0.2, 0.25) is 0 Å². The number of nitrogens with one attached hydrogen (secondary N) is 2. The summed E-state index contributed by atoms with van der Waals surface area (Å²) in [6.07, 6.45) is 3.00. The van der Waals surface area contributed by atoms with Crippen LogP contribution < -0.4 is 10.1 Å². The third-order valence-electron chi connectivity index (χ3n) is 4.80. The van der Waals surface area contributed by atoms with Crippen molar-refractivity contribution in [3.05, 3.63) is 64.3 Å². The number of rotatable bonds is 5. The molecule has 4 aromatic rings. The average molecular weight is 419 g/mol. The first-order chi connectivity index (χ1) is 14.5. The van der Waals surface area contributed by atoms with E-state index in [2.05, 4.69) is 21.4 Å². The van der Waals surface area contributed by atoms with Gasteiger partial charge in [0.15, 0.2) is 10.4 Å². The second-order valence-corrected chi connectivity index (χ2v) is 6.91. The Kier molecular flexibility index (Phi) is 5.08. The highest BCUT2D eigenvalue weighted by Gasteiger charge is 2.24. The zero-order chi connectivity index (χ0) is 21.3. The number of aromatic nitrogens is 3. The van der Waals surface area contributed by atoms with Crippen molar-refractivity contribution >= 4 is 29.2 Å². The van der Waals surface area contributed by atoms with Gasteiger partial charge >= 0.3 is 0 Å². The van der Waals surface area contributed by atoms with Crippen molar-refractivity contribution in [3.8, 4) is 23.3 Å². The Balaban J connectivity index is 1.79. The molecule has 0 aliphatic heterocycles. The number of hydrogen-bond donors (Lipinski definition) is 2. The number of ether oxygens (including phenoxy) is 1. The molecule has 4 rings (SSSR count). The van der Waals surface area contributed by atoms with E-state index in [1.807, 2.05) is 13.0 Å². The van der Waals surface area contributed by atoms with Gasteiger partial charge in [-0.25, -0.2) is 4.98 Å². The third kappa shape index (κ3) is 3.23. The Morgan fingerprint density at radius 3 is 2.77 bits per heavy atom. The normalized spacial score (nSPS) is 10.7. The molecule has 150 valence electrons. The van der Waals surface area contributed by atoms with E-state index < -0.39 is 0 Å². The van der Waals surface area contributed by atoms with Crippen molar-refractivity contribution in [1.29, 1.82) is 5.26 Å². The van der Waals surface area contributed by atoms with Crippen LogP contribution in [0.5, 0.6) is 5.75 Å². The topological polar surface area (TPSA) is 109 Å². The molecule has 0 saturated carbocycles. The zero-order valence-electron chi connectivity index (χ0n) is 16.2. The number of amides is 1. The van der Waals surface area contributed by atoms with Crippen LogP contribution in [0.4, 0.5) is 0 Å². The summed E-state index contributed by atoms with van der Waals surface area (Å²) in [7, 11) is 1.56. The molecule has 1 aromatic carbocycles. The quantitative estimate of drug-likeness (QED) is 0.475. The molecule has 9 heteroatoms. The second kappa shape index (κ2) is 7.85. The number of nitrogens with zero attached hydrogens (tertiary/aromatic N) is 3. The van der Waals surface area contributed by atoms with Crippen LogP contribution in [-0.4, -0.2) is 27.6 Å². The largest absolute Gasteiger partial charge is 0.497 e. The number of carbonyl (C=O) groups is 1. The molecule has 0 radical (unpaired) electrons. The highest BCUT2D eigenvalue weighted by atomic mass is 32.1. The fraction of sp³-hybridized carbons (Fsp3) is 0.143. The highest BCUT2D eigenvalue weighted by molar-refractivity contribution is 7.71. The third-order valence-corrected chi connectivity index (χ3v) is 5.09. The van der Waals surface area contributed by atoms with Crippen molar-refractivity contribution in [2.75, 3.05) is 7.11 Å². The Labute approximate surface area is 176 Å². The number of carbonyl (C=O) groups excluding carboxylic acids is 1. The number of benzene rings is 1. The van der Waals surface area contributed by atoms with Crippen LogP contribution in [0.3, 0.4) is 0 Å². The Morgan fingerprint density at radius 2 is 2.13 bits per heavy atom. The average Bonchev–Trinajstić information content (AvgIpc) is 3.32. The number of aromatic amines is 1. The van der Waals surface area contributed by atoms with Gasteiger partial charge in [-0.1, -0.05) is 12.2 Å². The molecule has 2 N–H and O–H groups in total. The van der Waals surface area contributed by atoms with Crippen LogP contribution in [0.15, 0.2) is 47.3 Å². The van der Waals surface area contributed by atoms with Gasteiger partial charge in [0.05, 0.1) is 31.9 Å². The zero-order valence-corrected chi connectivity index (χ0v) is 17.0. The molecular weight excluding hydrogens is 402 g/mol. The molecule has 0 unspecified atom stereocenters. The number of H-pyrrole nitrogens is 1. The summed E-state index contributed by atoms with van der Waals surface area (Å²) < 4.78 is 12.8.